The lowest BCUT2D eigenvalue weighted by Crippen LogP contribution is -2.12. The third kappa shape index (κ3) is 3.61. The zero-order valence-electron chi connectivity index (χ0n) is 13.6. The fourth-order valence-electron chi connectivity index (χ4n) is 2.25. The first-order valence-electron chi connectivity index (χ1n) is 7.36. The Morgan fingerprint density at radius 3 is 2.60 bits per heavy atom. The molecule has 3 aromatic rings. The third-order valence-corrected chi connectivity index (χ3v) is 4.36. The summed E-state index contributed by atoms with van der Waals surface area (Å²) in [5.74, 6) is 0.316. The van der Waals surface area contributed by atoms with Gasteiger partial charge in [-0.05, 0) is 24.3 Å². The molecule has 0 unspecified atom stereocenters. The van der Waals surface area contributed by atoms with Crippen LogP contribution in [0.5, 0.6) is 11.5 Å². The van der Waals surface area contributed by atoms with Crippen LogP contribution in [0.2, 0.25) is 0 Å². The zero-order valence-corrected chi connectivity index (χ0v) is 14.4. The maximum absolute atomic E-state index is 13.8. The van der Waals surface area contributed by atoms with Gasteiger partial charge >= 0.3 is 0 Å². The van der Waals surface area contributed by atoms with Crippen LogP contribution in [-0.2, 0) is 0 Å². The van der Waals surface area contributed by atoms with Crippen LogP contribution in [0, 0.1) is 5.82 Å². The van der Waals surface area contributed by atoms with E-state index in [1.807, 2.05) is 0 Å². The van der Waals surface area contributed by atoms with Crippen molar-refractivity contribution in [2.75, 3.05) is 19.5 Å². The molecule has 0 aliphatic carbocycles. The summed E-state index contributed by atoms with van der Waals surface area (Å²) in [5.41, 5.74) is 1.14. The first-order valence-corrected chi connectivity index (χ1v) is 8.24. The van der Waals surface area contributed by atoms with Gasteiger partial charge in [0.2, 0.25) is 0 Å². The number of carbonyl (C=O) groups excluding carboxylic acids is 1. The second-order valence-electron chi connectivity index (χ2n) is 5.04. The molecule has 0 radical (unpaired) electrons. The topological polar surface area (TPSA) is 60.5 Å². The number of aromatic nitrogens is 1. The van der Waals surface area contributed by atoms with Gasteiger partial charge in [0.25, 0.3) is 5.91 Å². The van der Waals surface area contributed by atoms with E-state index in [4.69, 9.17) is 9.47 Å². The van der Waals surface area contributed by atoms with Crippen LogP contribution in [-0.4, -0.2) is 25.1 Å². The molecule has 0 aliphatic heterocycles. The Bertz CT molecular complexity index is 911. The molecule has 2 aromatic carbocycles. The molecule has 1 N–H and O–H groups in total. The van der Waals surface area contributed by atoms with Crippen LogP contribution >= 0.6 is 11.3 Å². The van der Waals surface area contributed by atoms with Crippen molar-refractivity contribution < 1.29 is 18.7 Å². The molecule has 7 heteroatoms. The van der Waals surface area contributed by atoms with E-state index in [1.165, 1.54) is 31.6 Å². The van der Waals surface area contributed by atoms with Crippen LogP contribution in [0.25, 0.3) is 10.6 Å². The van der Waals surface area contributed by atoms with Crippen molar-refractivity contribution in [3.63, 3.8) is 0 Å². The summed E-state index contributed by atoms with van der Waals surface area (Å²) in [6.45, 7) is 0. The Morgan fingerprint density at radius 2 is 1.88 bits per heavy atom. The smallest absolute Gasteiger partial charge is 0.275 e. The molecule has 1 amide bonds. The summed E-state index contributed by atoms with van der Waals surface area (Å²) >= 11 is 1.21. The van der Waals surface area contributed by atoms with E-state index in [0.717, 1.165) is 0 Å². The van der Waals surface area contributed by atoms with E-state index in [2.05, 4.69) is 10.3 Å². The molecule has 0 aliphatic rings. The fourth-order valence-corrected chi connectivity index (χ4v) is 3.07. The Hall–Kier alpha value is -2.93. The van der Waals surface area contributed by atoms with Crippen LogP contribution in [0.15, 0.2) is 47.8 Å². The number of amides is 1. The number of nitrogens with one attached hydrogen (secondary N) is 1. The lowest BCUT2D eigenvalue weighted by atomic mass is 10.2. The zero-order chi connectivity index (χ0) is 17.8. The molecular weight excluding hydrogens is 343 g/mol. The summed E-state index contributed by atoms with van der Waals surface area (Å²) < 4.78 is 24.2. The molecule has 0 saturated heterocycles. The molecule has 0 saturated carbocycles. The maximum Gasteiger partial charge on any atom is 0.275 e. The molecule has 5 nitrogen and oxygen atoms in total. The fraction of sp³-hybridized carbons (Fsp3) is 0.111. The van der Waals surface area contributed by atoms with Gasteiger partial charge in [0.05, 0.1) is 14.2 Å². The van der Waals surface area contributed by atoms with E-state index in [-0.39, 0.29) is 17.4 Å². The number of rotatable bonds is 5. The van der Waals surface area contributed by atoms with Gasteiger partial charge in [-0.2, -0.15) is 0 Å². The quantitative estimate of drug-likeness (QED) is 0.742. The molecular formula is C18H15FN2O3S. The monoisotopic (exact) mass is 358 g/mol. The average molecular weight is 358 g/mol. The van der Waals surface area contributed by atoms with Gasteiger partial charge < -0.3 is 14.8 Å². The molecule has 1 aromatic heterocycles. The van der Waals surface area contributed by atoms with E-state index in [0.29, 0.717) is 27.8 Å². The normalized spacial score (nSPS) is 10.4. The van der Waals surface area contributed by atoms with Crippen molar-refractivity contribution in [2.45, 2.75) is 0 Å². The van der Waals surface area contributed by atoms with Gasteiger partial charge in [-0.1, -0.05) is 12.1 Å². The van der Waals surface area contributed by atoms with E-state index >= 15 is 0 Å². The number of carbonyl (C=O) groups is 1. The highest BCUT2D eigenvalue weighted by atomic mass is 32.1. The number of anilines is 1. The number of nitrogens with zero attached hydrogens (tertiary/aromatic N) is 1. The highest BCUT2D eigenvalue weighted by Crippen LogP contribution is 2.30. The molecule has 0 atom stereocenters. The summed E-state index contributed by atoms with van der Waals surface area (Å²) in [4.78, 5) is 16.6. The van der Waals surface area contributed by atoms with Gasteiger partial charge in [0, 0.05) is 22.7 Å². The summed E-state index contributed by atoms with van der Waals surface area (Å²) in [6, 6.07) is 11.4. The summed E-state index contributed by atoms with van der Waals surface area (Å²) in [7, 11) is 3.06. The highest BCUT2D eigenvalue weighted by molar-refractivity contribution is 7.13. The third-order valence-electron chi connectivity index (χ3n) is 3.48. The van der Waals surface area contributed by atoms with Crippen molar-refractivity contribution in [1.29, 1.82) is 0 Å². The predicted molar refractivity (Wildman–Crippen MR) is 95.0 cm³/mol. The molecule has 0 spiro atoms. The largest absolute Gasteiger partial charge is 0.493 e. The first-order chi connectivity index (χ1) is 12.1. The van der Waals surface area contributed by atoms with Gasteiger partial charge in [0.1, 0.15) is 16.5 Å². The maximum atomic E-state index is 13.8. The first kappa shape index (κ1) is 16.9. The van der Waals surface area contributed by atoms with Gasteiger partial charge in [-0.15, -0.1) is 11.3 Å². The van der Waals surface area contributed by atoms with Crippen molar-refractivity contribution in [3.8, 4) is 22.1 Å². The highest BCUT2D eigenvalue weighted by Gasteiger charge is 2.15. The van der Waals surface area contributed by atoms with Crippen molar-refractivity contribution in [3.05, 3.63) is 59.4 Å². The average Bonchev–Trinajstić information content (AvgIpc) is 3.12. The molecule has 1 heterocycles. The Labute approximate surface area is 148 Å². The van der Waals surface area contributed by atoms with Crippen LogP contribution < -0.4 is 14.8 Å². The second kappa shape index (κ2) is 7.31. The van der Waals surface area contributed by atoms with E-state index in [1.54, 1.807) is 41.8 Å². The standard InChI is InChI=1S/C18H15FN2O3S/c1-23-15-8-7-11(9-16(15)24-2)20-17(22)14-10-25-18(21-14)12-5-3-4-6-13(12)19/h3-10H,1-2H3,(H,20,22). The summed E-state index contributed by atoms with van der Waals surface area (Å²) in [5, 5.41) is 4.79. The van der Waals surface area contributed by atoms with Gasteiger partial charge in [0.15, 0.2) is 11.5 Å². The number of benzene rings is 2. The van der Waals surface area contributed by atoms with Crippen LogP contribution in [0.3, 0.4) is 0 Å². The number of hydrogen-bond donors (Lipinski definition) is 1. The van der Waals surface area contributed by atoms with Gasteiger partial charge in [-0.3, -0.25) is 4.79 Å². The SMILES string of the molecule is COc1ccc(NC(=O)c2csc(-c3ccccc3F)n2)cc1OC. The predicted octanol–water partition coefficient (Wildman–Crippen LogP) is 4.22. The number of thiazole rings is 1. The minimum atomic E-state index is -0.383. The summed E-state index contributed by atoms with van der Waals surface area (Å²) in [6.07, 6.45) is 0. The Kier molecular flexibility index (Phi) is 4.95. The van der Waals surface area contributed by atoms with Crippen molar-refractivity contribution in [2.24, 2.45) is 0 Å². The van der Waals surface area contributed by atoms with E-state index < -0.39 is 0 Å². The molecule has 25 heavy (non-hydrogen) atoms. The number of methoxy groups -OCH3 is 2. The lowest BCUT2D eigenvalue weighted by Gasteiger charge is -2.10. The van der Waals surface area contributed by atoms with Crippen molar-refractivity contribution >= 4 is 22.9 Å². The molecule has 0 fully saturated rings. The molecule has 0 bridgehead atoms. The number of ether oxygens (including phenoxy) is 2. The minimum absolute atomic E-state index is 0.220. The Morgan fingerprint density at radius 1 is 1.12 bits per heavy atom. The van der Waals surface area contributed by atoms with Crippen LogP contribution in [0.1, 0.15) is 10.5 Å². The minimum Gasteiger partial charge on any atom is -0.493 e. The van der Waals surface area contributed by atoms with Crippen molar-refractivity contribution in [1.82, 2.24) is 4.98 Å². The van der Waals surface area contributed by atoms with Gasteiger partial charge in [-0.25, -0.2) is 9.37 Å². The second-order valence-corrected chi connectivity index (χ2v) is 5.90. The number of hydrogen-bond acceptors (Lipinski definition) is 5. The molecule has 128 valence electrons. The van der Waals surface area contributed by atoms with Crippen LogP contribution in [0.4, 0.5) is 10.1 Å². The number of halogens is 1. The molecule has 3 rings (SSSR count). The van der Waals surface area contributed by atoms with E-state index in [9.17, 15) is 9.18 Å². The Balaban J connectivity index is 1.80. The lowest BCUT2D eigenvalue weighted by molar-refractivity contribution is 0.102.